The lowest BCUT2D eigenvalue weighted by molar-refractivity contribution is 0.426. The molecule has 2 nitrogen and oxygen atoms in total. The third kappa shape index (κ3) is 2.16. The zero-order valence-corrected chi connectivity index (χ0v) is 10.1. The van der Waals surface area contributed by atoms with Crippen molar-refractivity contribution in [1.29, 1.82) is 0 Å². The van der Waals surface area contributed by atoms with Crippen LogP contribution in [0, 0.1) is 6.92 Å². The van der Waals surface area contributed by atoms with E-state index in [1.165, 1.54) is 5.56 Å². The number of hydrogen-bond acceptors (Lipinski definition) is 2. The Morgan fingerprint density at radius 2 is 2.12 bits per heavy atom. The molecule has 0 unspecified atom stereocenters. The molecule has 0 spiro atoms. The van der Waals surface area contributed by atoms with Gasteiger partial charge in [-0.3, -0.25) is 4.99 Å². The van der Waals surface area contributed by atoms with Gasteiger partial charge in [-0.25, -0.2) is 0 Å². The van der Waals surface area contributed by atoms with Gasteiger partial charge >= 0.3 is 0 Å². The number of benzene rings is 1. The van der Waals surface area contributed by atoms with Crippen molar-refractivity contribution in [3.63, 3.8) is 0 Å². The molecule has 0 bridgehead atoms. The smallest absolute Gasteiger partial charge is 0.130 e. The largest absolute Gasteiger partial charge is 0.462 e. The molecule has 84 valence electrons. The highest BCUT2D eigenvalue weighted by Gasteiger charge is 2.11. The molecule has 1 aliphatic rings. The molecule has 1 heterocycles. The van der Waals surface area contributed by atoms with Crippen molar-refractivity contribution in [2.24, 2.45) is 4.99 Å². The van der Waals surface area contributed by atoms with Crippen LogP contribution in [0.2, 0.25) is 0 Å². The zero-order chi connectivity index (χ0) is 11.5. The van der Waals surface area contributed by atoms with Gasteiger partial charge in [-0.2, -0.15) is 0 Å². The van der Waals surface area contributed by atoms with Crippen LogP contribution in [0.4, 0.5) is 5.69 Å². The summed E-state index contributed by atoms with van der Waals surface area (Å²) in [7, 11) is 0. The summed E-state index contributed by atoms with van der Waals surface area (Å²) in [6.45, 7) is 6.01. The predicted octanol–water partition coefficient (Wildman–Crippen LogP) is 3.95. The van der Waals surface area contributed by atoms with Gasteiger partial charge in [-0.05, 0) is 62.9 Å². The summed E-state index contributed by atoms with van der Waals surface area (Å²) in [6, 6.07) is 4.22. The molecule has 1 aromatic rings. The van der Waals surface area contributed by atoms with Crippen LogP contribution in [0.5, 0.6) is 5.75 Å². The Morgan fingerprint density at radius 3 is 2.88 bits per heavy atom. The highest BCUT2D eigenvalue weighted by molar-refractivity contribution is 5.64. The molecule has 0 saturated carbocycles. The first-order valence-electron chi connectivity index (χ1n) is 5.67. The van der Waals surface area contributed by atoms with E-state index in [1.54, 1.807) is 0 Å². The molecule has 16 heavy (non-hydrogen) atoms. The van der Waals surface area contributed by atoms with Crippen molar-refractivity contribution in [3.8, 4) is 5.75 Å². The van der Waals surface area contributed by atoms with Crippen molar-refractivity contribution < 1.29 is 4.74 Å². The standard InChI is InChI=1S/C14H17NO/c1-4-15-13-9-12-7-5-6-11(3)16-14(12)8-10(13)2/h4,6,8-9H,5,7H2,1-3H3. The third-order valence-corrected chi connectivity index (χ3v) is 2.76. The molecule has 0 N–H and O–H groups in total. The molecule has 1 aromatic carbocycles. The van der Waals surface area contributed by atoms with Crippen molar-refractivity contribution in [3.05, 3.63) is 35.1 Å². The highest BCUT2D eigenvalue weighted by atomic mass is 16.5. The molecule has 2 heteroatoms. The van der Waals surface area contributed by atoms with E-state index in [-0.39, 0.29) is 0 Å². The maximum Gasteiger partial charge on any atom is 0.130 e. The van der Waals surface area contributed by atoms with Gasteiger partial charge in [0, 0.05) is 6.21 Å². The first kappa shape index (κ1) is 10.9. The van der Waals surface area contributed by atoms with E-state index in [0.29, 0.717) is 0 Å². The van der Waals surface area contributed by atoms with E-state index in [9.17, 15) is 0 Å². The molecule has 0 aliphatic carbocycles. The Morgan fingerprint density at radius 1 is 1.31 bits per heavy atom. The van der Waals surface area contributed by atoms with E-state index in [4.69, 9.17) is 4.74 Å². The van der Waals surface area contributed by atoms with E-state index in [1.807, 2.05) is 20.1 Å². The average Bonchev–Trinajstić information content (AvgIpc) is 2.40. The summed E-state index contributed by atoms with van der Waals surface area (Å²) >= 11 is 0. The highest BCUT2D eigenvalue weighted by Crippen LogP contribution is 2.32. The SMILES string of the molecule is CC=Nc1cc2c(cc1C)OC(C)=CCC2. The van der Waals surface area contributed by atoms with Crippen LogP contribution in [0.1, 0.15) is 31.4 Å². The molecule has 0 aromatic heterocycles. The summed E-state index contributed by atoms with van der Waals surface area (Å²) in [5.41, 5.74) is 3.45. The monoisotopic (exact) mass is 215 g/mol. The summed E-state index contributed by atoms with van der Waals surface area (Å²) in [4.78, 5) is 4.37. The number of aliphatic imine (C=N–C) groups is 1. The molecule has 1 aliphatic heterocycles. The van der Waals surface area contributed by atoms with Gasteiger partial charge in [-0.15, -0.1) is 0 Å². The van der Waals surface area contributed by atoms with Crippen LogP contribution in [-0.4, -0.2) is 6.21 Å². The van der Waals surface area contributed by atoms with Gasteiger partial charge in [-0.1, -0.05) is 0 Å². The quantitative estimate of drug-likeness (QED) is 0.650. The number of aryl methyl sites for hydroxylation is 2. The fourth-order valence-corrected chi connectivity index (χ4v) is 1.93. The molecule has 0 fully saturated rings. The number of hydrogen-bond donors (Lipinski definition) is 0. The van der Waals surface area contributed by atoms with Crippen LogP contribution in [0.15, 0.2) is 29.0 Å². The fourth-order valence-electron chi connectivity index (χ4n) is 1.93. The Kier molecular flexibility index (Phi) is 3.09. The van der Waals surface area contributed by atoms with E-state index in [0.717, 1.165) is 35.6 Å². The second kappa shape index (κ2) is 4.52. The predicted molar refractivity (Wildman–Crippen MR) is 67.7 cm³/mol. The normalized spacial score (nSPS) is 15.3. The summed E-state index contributed by atoms with van der Waals surface area (Å²) in [5.74, 6) is 1.98. The lowest BCUT2D eigenvalue weighted by atomic mass is 10.0. The van der Waals surface area contributed by atoms with Crippen LogP contribution in [-0.2, 0) is 6.42 Å². The summed E-state index contributed by atoms with van der Waals surface area (Å²) < 4.78 is 5.78. The Labute approximate surface area is 96.7 Å². The second-order valence-corrected chi connectivity index (χ2v) is 4.09. The second-order valence-electron chi connectivity index (χ2n) is 4.09. The van der Waals surface area contributed by atoms with Crippen molar-refractivity contribution >= 4 is 11.9 Å². The van der Waals surface area contributed by atoms with Crippen molar-refractivity contribution in [1.82, 2.24) is 0 Å². The first-order chi connectivity index (χ1) is 7.70. The van der Waals surface area contributed by atoms with E-state index in [2.05, 4.69) is 30.1 Å². The Balaban J connectivity index is 2.45. The molecular weight excluding hydrogens is 198 g/mol. The molecule has 0 radical (unpaired) electrons. The number of allylic oxidation sites excluding steroid dienone is 2. The third-order valence-electron chi connectivity index (χ3n) is 2.76. The minimum absolute atomic E-state index is 0.985. The number of rotatable bonds is 1. The van der Waals surface area contributed by atoms with Gasteiger partial charge in [0.2, 0.25) is 0 Å². The molecule has 0 atom stereocenters. The van der Waals surface area contributed by atoms with Gasteiger partial charge in [0.1, 0.15) is 5.75 Å². The minimum atomic E-state index is 0.985. The number of nitrogens with zero attached hydrogens (tertiary/aromatic N) is 1. The molecule has 0 amide bonds. The topological polar surface area (TPSA) is 21.6 Å². The van der Waals surface area contributed by atoms with Gasteiger partial charge in [0.15, 0.2) is 0 Å². The molecular formula is C14H17NO. The number of ether oxygens (including phenoxy) is 1. The Bertz CT molecular complexity index is 458. The lowest BCUT2D eigenvalue weighted by Crippen LogP contribution is -1.93. The van der Waals surface area contributed by atoms with Gasteiger partial charge in [0.05, 0.1) is 11.4 Å². The average molecular weight is 215 g/mol. The first-order valence-corrected chi connectivity index (χ1v) is 5.67. The Hall–Kier alpha value is -1.57. The van der Waals surface area contributed by atoms with E-state index < -0.39 is 0 Å². The lowest BCUT2D eigenvalue weighted by Gasteiger charge is -2.10. The van der Waals surface area contributed by atoms with Gasteiger partial charge in [0.25, 0.3) is 0 Å². The minimum Gasteiger partial charge on any atom is -0.462 e. The summed E-state index contributed by atoms with van der Waals surface area (Å²) in [5, 5.41) is 0. The van der Waals surface area contributed by atoms with Crippen LogP contribution >= 0.6 is 0 Å². The maximum absolute atomic E-state index is 5.78. The van der Waals surface area contributed by atoms with Gasteiger partial charge < -0.3 is 4.74 Å². The summed E-state index contributed by atoms with van der Waals surface area (Å²) in [6.07, 6.45) is 6.03. The van der Waals surface area contributed by atoms with Crippen LogP contribution in [0.3, 0.4) is 0 Å². The maximum atomic E-state index is 5.78. The molecule has 2 rings (SSSR count). The van der Waals surface area contributed by atoms with Crippen LogP contribution < -0.4 is 4.74 Å². The zero-order valence-electron chi connectivity index (χ0n) is 10.1. The van der Waals surface area contributed by atoms with Crippen molar-refractivity contribution in [2.45, 2.75) is 33.6 Å². The van der Waals surface area contributed by atoms with Crippen molar-refractivity contribution in [2.75, 3.05) is 0 Å². The van der Waals surface area contributed by atoms with E-state index >= 15 is 0 Å². The molecule has 0 saturated heterocycles. The van der Waals surface area contributed by atoms with Crippen LogP contribution in [0.25, 0.3) is 0 Å². The number of fused-ring (bicyclic) bond motifs is 1. The fraction of sp³-hybridized carbons (Fsp3) is 0.357.